The minimum Gasteiger partial charge on any atom is -0.456 e. The van der Waals surface area contributed by atoms with E-state index in [2.05, 4.69) is 241 Å². The van der Waals surface area contributed by atoms with Crippen LogP contribution in [0.4, 0.5) is 17.1 Å². The number of benzene rings is 10. The third-order valence-electron chi connectivity index (χ3n) is 13.0. The van der Waals surface area contributed by atoms with E-state index in [0.29, 0.717) is 0 Å². The van der Waals surface area contributed by atoms with Crippen LogP contribution in [0.3, 0.4) is 0 Å². The average Bonchev–Trinajstić information content (AvgIpc) is 3.88. The van der Waals surface area contributed by atoms with Gasteiger partial charge in [-0.3, -0.25) is 0 Å². The van der Waals surface area contributed by atoms with Gasteiger partial charge in [-0.15, -0.1) is 0 Å². The first-order valence-corrected chi connectivity index (χ1v) is 21.7. The molecule has 12 rings (SSSR count). The van der Waals surface area contributed by atoms with Gasteiger partial charge in [0.25, 0.3) is 0 Å². The van der Waals surface area contributed by atoms with Crippen LogP contribution in [0.5, 0.6) is 0 Å². The Bertz CT molecular complexity index is 3370. The van der Waals surface area contributed by atoms with E-state index in [4.69, 9.17) is 4.42 Å². The molecule has 0 amide bonds. The van der Waals surface area contributed by atoms with Gasteiger partial charge in [0.2, 0.25) is 0 Å². The van der Waals surface area contributed by atoms with Gasteiger partial charge >= 0.3 is 0 Å². The maximum absolute atomic E-state index is 6.43. The van der Waals surface area contributed by atoms with Crippen LogP contribution in [-0.2, 0) is 5.41 Å². The summed E-state index contributed by atoms with van der Waals surface area (Å²) in [4.78, 5) is 2.33. The molecule has 1 aliphatic carbocycles. The molecule has 0 saturated carbocycles. The molecule has 2 nitrogen and oxygen atoms in total. The lowest BCUT2D eigenvalue weighted by Gasteiger charge is -2.34. The van der Waals surface area contributed by atoms with Crippen LogP contribution in [0.15, 0.2) is 253 Å². The second-order valence-corrected chi connectivity index (χ2v) is 16.4. The molecule has 1 heterocycles. The fourth-order valence-corrected chi connectivity index (χ4v) is 10.1. The second-order valence-electron chi connectivity index (χ2n) is 16.4. The molecular weight excluding hydrogens is 763 g/mol. The molecule has 0 fully saturated rings. The molecule has 0 saturated heterocycles. The highest BCUT2D eigenvalue weighted by molar-refractivity contribution is 6.06. The first-order chi connectivity index (χ1) is 31.2. The minimum absolute atomic E-state index is 0.488. The van der Waals surface area contributed by atoms with Gasteiger partial charge in [0.1, 0.15) is 11.2 Å². The maximum atomic E-state index is 6.43. The zero-order valence-corrected chi connectivity index (χ0v) is 34.5. The van der Waals surface area contributed by atoms with E-state index in [1.54, 1.807) is 0 Å². The smallest absolute Gasteiger partial charge is 0.137 e. The Morgan fingerprint density at radius 2 is 0.762 bits per heavy atom. The summed E-state index contributed by atoms with van der Waals surface area (Å²) in [6, 6.07) is 90.2. The van der Waals surface area contributed by atoms with Crippen molar-refractivity contribution in [2.75, 3.05) is 4.90 Å². The topological polar surface area (TPSA) is 16.4 Å². The number of hydrogen-bond acceptors (Lipinski definition) is 2. The largest absolute Gasteiger partial charge is 0.456 e. The molecule has 1 aromatic heterocycles. The summed E-state index contributed by atoms with van der Waals surface area (Å²) in [6.07, 6.45) is 0. The predicted molar refractivity (Wildman–Crippen MR) is 262 cm³/mol. The van der Waals surface area contributed by atoms with E-state index in [0.717, 1.165) is 44.6 Å². The minimum atomic E-state index is -0.488. The fourth-order valence-electron chi connectivity index (χ4n) is 10.1. The van der Waals surface area contributed by atoms with E-state index in [-0.39, 0.29) is 0 Å². The van der Waals surface area contributed by atoms with Crippen molar-refractivity contribution in [3.8, 4) is 44.5 Å². The summed E-state index contributed by atoms with van der Waals surface area (Å²) in [5, 5.41) is 2.23. The van der Waals surface area contributed by atoms with Gasteiger partial charge in [-0.2, -0.15) is 0 Å². The van der Waals surface area contributed by atoms with Crippen molar-refractivity contribution in [1.82, 2.24) is 0 Å². The van der Waals surface area contributed by atoms with Crippen LogP contribution in [0.2, 0.25) is 0 Å². The fraction of sp³-hybridized carbons (Fsp3) is 0.0164. The molecule has 1 aliphatic rings. The van der Waals surface area contributed by atoms with Crippen molar-refractivity contribution in [2.24, 2.45) is 0 Å². The quantitative estimate of drug-likeness (QED) is 0.152. The molecule has 63 heavy (non-hydrogen) atoms. The zero-order chi connectivity index (χ0) is 41.7. The van der Waals surface area contributed by atoms with E-state index in [1.165, 1.54) is 61.2 Å². The summed E-state index contributed by atoms with van der Waals surface area (Å²) in [7, 11) is 0. The summed E-state index contributed by atoms with van der Waals surface area (Å²) in [5.41, 5.74) is 19.2. The molecule has 0 spiro atoms. The molecule has 11 aromatic rings. The standard InChI is InChI=1S/C61H41NO/c1-5-17-42(18-6-1)43-29-33-48(34-30-43)62(50-37-38-53-52-26-14-16-28-59(52)63-60(53)39-50)49-35-31-45(32-36-49)54-40-56-51-25-13-15-27-57(51)61(46-21-9-3-10-22-46,47-23-11-4-12-24-47)58(56)41-55(54)44-19-7-2-8-20-44/h1-41H. The monoisotopic (exact) mass is 803 g/mol. The maximum Gasteiger partial charge on any atom is 0.137 e. The van der Waals surface area contributed by atoms with Crippen LogP contribution >= 0.6 is 0 Å². The number of para-hydroxylation sites is 1. The van der Waals surface area contributed by atoms with E-state index in [1.807, 2.05) is 12.1 Å². The van der Waals surface area contributed by atoms with Crippen molar-refractivity contribution in [3.05, 3.63) is 271 Å². The third-order valence-corrected chi connectivity index (χ3v) is 13.0. The molecule has 0 bridgehead atoms. The molecule has 0 N–H and O–H groups in total. The lowest BCUT2D eigenvalue weighted by Crippen LogP contribution is -2.28. The van der Waals surface area contributed by atoms with Crippen molar-refractivity contribution in [3.63, 3.8) is 0 Å². The molecule has 296 valence electrons. The van der Waals surface area contributed by atoms with Crippen molar-refractivity contribution >= 4 is 39.0 Å². The summed E-state index contributed by atoms with van der Waals surface area (Å²) in [5.74, 6) is 0. The average molecular weight is 804 g/mol. The van der Waals surface area contributed by atoms with Crippen molar-refractivity contribution < 1.29 is 4.42 Å². The summed E-state index contributed by atoms with van der Waals surface area (Å²) in [6.45, 7) is 0. The van der Waals surface area contributed by atoms with Crippen LogP contribution in [0, 0.1) is 0 Å². The Morgan fingerprint density at radius 1 is 0.286 bits per heavy atom. The highest BCUT2D eigenvalue weighted by atomic mass is 16.3. The summed E-state index contributed by atoms with van der Waals surface area (Å²) < 4.78 is 6.43. The van der Waals surface area contributed by atoms with E-state index < -0.39 is 5.41 Å². The number of nitrogens with zero attached hydrogens (tertiary/aromatic N) is 1. The van der Waals surface area contributed by atoms with E-state index in [9.17, 15) is 0 Å². The Hall–Kier alpha value is -8.20. The second kappa shape index (κ2) is 15.1. The van der Waals surface area contributed by atoms with Gasteiger partial charge in [0.15, 0.2) is 0 Å². The molecular formula is C61H41NO. The Balaban J connectivity index is 1.03. The van der Waals surface area contributed by atoms with Crippen LogP contribution in [-0.4, -0.2) is 0 Å². The lowest BCUT2D eigenvalue weighted by molar-refractivity contribution is 0.669. The van der Waals surface area contributed by atoms with Gasteiger partial charge in [0, 0.05) is 33.9 Å². The van der Waals surface area contributed by atoms with Crippen LogP contribution < -0.4 is 4.90 Å². The van der Waals surface area contributed by atoms with E-state index >= 15 is 0 Å². The number of anilines is 3. The van der Waals surface area contributed by atoms with Gasteiger partial charge in [0.05, 0.1) is 5.41 Å². The highest BCUT2D eigenvalue weighted by Gasteiger charge is 2.46. The summed E-state index contributed by atoms with van der Waals surface area (Å²) >= 11 is 0. The van der Waals surface area contributed by atoms with Crippen molar-refractivity contribution in [1.29, 1.82) is 0 Å². The van der Waals surface area contributed by atoms with Gasteiger partial charge in [-0.1, -0.05) is 188 Å². The number of furan rings is 1. The number of hydrogen-bond donors (Lipinski definition) is 0. The highest BCUT2D eigenvalue weighted by Crippen LogP contribution is 2.58. The predicted octanol–water partition coefficient (Wildman–Crippen LogP) is 16.4. The van der Waals surface area contributed by atoms with Crippen LogP contribution in [0.25, 0.3) is 66.4 Å². The lowest BCUT2D eigenvalue weighted by atomic mass is 9.67. The van der Waals surface area contributed by atoms with Gasteiger partial charge in [-0.05, 0) is 121 Å². The molecule has 0 radical (unpaired) electrons. The Morgan fingerprint density at radius 3 is 1.43 bits per heavy atom. The van der Waals surface area contributed by atoms with Gasteiger partial charge in [-0.25, -0.2) is 0 Å². The normalized spacial score (nSPS) is 12.6. The van der Waals surface area contributed by atoms with Crippen molar-refractivity contribution in [2.45, 2.75) is 5.41 Å². The number of fused-ring (bicyclic) bond motifs is 6. The molecule has 0 atom stereocenters. The molecule has 2 heteroatoms. The van der Waals surface area contributed by atoms with Crippen LogP contribution in [0.1, 0.15) is 22.3 Å². The molecule has 0 aliphatic heterocycles. The first kappa shape index (κ1) is 36.6. The SMILES string of the molecule is c1ccc(-c2ccc(N(c3ccc(-c4cc5c(cc4-c4ccccc4)C(c4ccccc4)(c4ccccc4)c4ccccc4-5)cc3)c3ccc4c(c3)oc3ccccc34)cc2)cc1. The third kappa shape index (κ3) is 6.02. The molecule has 0 unspecified atom stereocenters. The zero-order valence-electron chi connectivity index (χ0n) is 34.5. The van der Waals surface area contributed by atoms with Gasteiger partial charge < -0.3 is 9.32 Å². The Kier molecular flexibility index (Phi) is 8.76. The Labute approximate surface area is 367 Å². The number of rotatable bonds is 8. The first-order valence-electron chi connectivity index (χ1n) is 21.7. The molecule has 10 aromatic carbocycles.